The Hall–Kier alpha value is -2.35. The molecule has 0 saturated heterocycles. The minimum absolute atomic E-state index is 0.00938. The molecule has 0 amide bonds. The highest BCUT2D eigenvalue weighted by Crippen LogP contribution is 2.31. The molecule has 4 N–H and O–H groups in total. The first-order valence-corrected chi connectivity index (χ1v) is 9.18. The van der Waals surface area contributed by atoms with Gasteiger partial charge in [-0.2, -0.15) is 0 Å². The molecule has 2 aromatic carbocycles. The standard InChI is InChI=1S/C19H22N2O4S/c1-11(9-12-3-5-13(25-2)6-4-12)20-10-16(23)14-7-8-15(22)17-18(14)26-19(24)21-17/h3-8,11,16,20,22-23H,9-10H2,1-2H3,(H,21,24)/t11-,16?/m1/s1. The van der Waals surface area contributed by atoms with Crippen LogP contribution < -0.4 is 14.9 Å². The zero-order valence-electron chi connectivity index (χ0n) is 14.7. The van der Waals surface area contributed by atoms with E-state index in [0.29, 0.717) is 22.3 Å². The lowest BCUT2D eigenvalue weighted by Gasteiger charge is -2.18. The number of fused-ring (bicyclic) bond motifs is 1. The predicted molar refractivity (Wildman–Crippen MR) is 103 cm³/mol. The summed E-state index contributed by atoms with van der Waals surface area (Å²) in [5.41, 5.74) is 2.18. The number of rotatable bonds is 7. The molecule has 138 valence electrons. The lowest BCUT2D eigenvalue weighted by Crippen LogP contribution is -2.32. The number of phenols is 1. The van der Waals surface area contributed by atoms with Crippen LogP contribution in [-0.4, -0.2) is 34.9 Å². The number of H-pyrrole nitrogens is 1. The number of aromatic hydroxyl groups is 1. The number of nitrogens with one attached hydrogen (secondary N) is 2. The Morgan fingerprint density at radius 2 is 1.96 bits per heavy atom. The van der Waals surface area contributed by atoms with Crippen molar-refractivity contribution in [2.24, 2.45) is 0 Å². The Morgan fingerprint density at radius 1 is 1.23 bits per heavy atom. The molecule has 26 heavy (non-hydrogen) atoms. The Balaban J connectivity index is 1.64. The van der Waals surface area contributed by atoms with Gasteiger partial charge < -0.3 is 25.3 Å². The summed E-state index contributed by atoms with van der Waals surface area (Å²) in [6.07, 6.45) is 0.0435. The van der Waals surface area contributed by atoms with Crippen LogP contribution in [0.15, 0.2) is 41.2 Å². The highest BCUT2D eigenvalue weighted by atomic mass is 32.1. The molecule has 3 aromatic rings. The number of benzene rings is 2. The highest BCUT2D eigenvalue weighted by molar-refractivity contribution is 7.16. The van der Waals surface area contributed by atoms with Crippen molar-refractivity contribution >= 4 is 21.6 Å². The van der Waals surface area contributed by atoms with Crippen LogP contribution >= 0.6 is 11.3 Å². The van der Waals surface area contributed by atoms with Crippen molar-refractivity contribution in [1.82, 2.24) is 10.3 Å². The van der Waals surface area contributed by atoms with Crippen LogP contribution in [0.25, 0.3) is 10.2 Å². The number of phenolic OH excluding ortho intramolecular Hbond substituents is 1. The number of aromatic amines is 1. The first-order chi connectivity index (χ1) is 12.5. The summed E-state index contributed by atoms with van der Waals surface area (Å²) >= 11 is 0.991. The summed E-state index contributed by atoms with van der Waals surface area (Å²) in [5, 5.41) is 23.7. The number of aromatic nitrogens is 1. The van der Waals surface area contributed by atoms with Gasteiger partial charge in [-0.15, -0.1) is 0 Å². The van der Waals surface area contributed by atoms with Crippen molar-refractivity contribution in [1.29, 1.82) is 0 Å². The van der Waals surface area contributed by atoms with Gasteiger partial charge in [-0.25, -0.2) is 0 Å². The third kappa shape index (κ3) is 4.07. The fourth-order valence-electron chi connectivity index (χ4n) is 2.91. The van der Waals surface area contributed by atoms with Gasteiger partial charge in [0.1, 0.15) is 17.0 Å². The normalized spacial score (nSPS) is 13.7. The maximum atomic E-state index is 11.6. The topological polar surface area (TPSA) is 94.6 Å². The fraction of sp³-hybridized carbons (Fsp3) is 0.316. The highest BCUT2D eigenvalue weighted by Gasteiger charge is 2.17. The third-order valence-electron chi connectivity index (χ3n) is 4.31. The van der Waals surface area contributed by atoms with Gasteiger partial charge in [-0.3, -0.25) is 4.79 Å². The van der Waals surface area contributed by atoms with Crippen molar-refractivity contribution in [2.75, 3.05) is 13.7 Å². The van der Waals surface area contributed by atoms with E-state index in [-0.39, 0.29) is 16.7 Å². The van der Waals surface area contributed by atoms with Crippen LogP contribution in [0.1, 0.15) is 24.2 Å². The van der Waals surface area contributed by atoms with Gasteiger partial charge in [0.25, 0.3) is 0 Å². The Kier molecular flexibility index (Phi) is 5.61. The number of ether oxygens (including phenoxy) is 1. The largest absolute Gasteiger partial charge is 0.506 e. The summed E-state index contributed by atoms with van der Waals surface area (Å²) in [6, 6.07) is 11.2. The number of hydrogen-bond donors (Lipinski definition) is 4. The van der Waals surface area contributed by atoms with Crippen molar-refractivity contribution in [2.45, 2.75) is 25.5 Å². The van der Waals surface area contributed by atoms with Crippen molar-refractivity contribution in [3.05, 3.63) is 57.2 Å². The maximum absolute atomic E-state index is 11.6. The Morgan fingerprint density at radius 3 is 2.65 bits per heavy atom. The number of hydrogen-bond acceptors (Lipinski definition) is 6. The molecule has 0 aliphatic rings. The predicted octanol–water partition coefficient (Wildman–Crippen LogP) is 2.56. The zero-order chi connectivity index (χ0) is 18.7. The minimum atomic E-state index is -0.775. The zero-order valence-corrected chi connectivity index (χ0v) is 15.5. The van der Waals surface area contributed by atoms with Crippen LogP contribution in [0, 0.1) is 0 Å². The number of aliphatic hydroxyl groups excluding tert-OH is 1. The molecule has 1 aromatic heterocycles. The quantitative estimate of drug-likeness (QED) is 0.510. The summed E-state index contributed by atoms with van der Waals surface area (Å²) in [7, 11) is 1.64. The molecule has 0 aliphatic carbocycles. The van der Waals surface area contributed by atoms with E-state index in [4.69, 9.17) is 4.74 Å². The molecule has 0 radical (unpaired) electrons. The average molecular weight is 374 g/mol. The molecule has 1 unspecified atom stereocenters. The van der Waals surface area contributed by atoms with E-state index >= 15 is 0 Å². The van der Waals surface area contributed by atoms with E-state index in [1.165, 1.54) is 11.6 Å². The average Bonchev–Trinajstić information content (AvgIpc) is 3.03. The van der Waals surface area contributed by atoms with Gasteiger partial charge in [0.05, 0.1) is 17.9 Å². The number of thiazole rings is 1. The lowest BCUT2D eigenvalue weighted by molar-refractivity contribution is 0.172. The summed E-state index contributed by atoms with van der Waals surface area (Å²) in [4.78, 5) is 13.9. The minimum Gasteiger partial charge on any atom is -0.506 e. The van der Waals surface area contributed by atoms with Gasteiger partial charge >= 0.3 is 4.87 Å². The van der Waals surface area contributed by atoms with E-state index in [0.717, 1.165) is 23.5 Å². The lowest BCUT2D eigenvalue weighted by atomic mass is 10.1. The molecular weight excluding hydrogens is 352 g/mol. The molecule has 3 rings (SSSR count). The smallest absolute Gasteiger partial charge is 0.305 e. The van der Waals surface area contributed by atoms with E-state index in [9.17, 15) is 15.0 Å². The molecule has 6 nitrogen and oxygen atoms in total. The number of aliphatic hydroxyl groups is 1. The van der Waals surface area contributed by atoms with Crippen LogP contribution in [-0.2, 0) is 6.42 Å². The maximum Gasteiger partial charge on any atom is 0.305 e. The second-order valence-corrected chi connectivity index (χ2v) is 7.25. The monoisotopic (exact) mass is 374 g/mol. The first-order valence-electron chi connectivity index (χ1n) is 8.37. The van der Waals surface area contributed by atoms with Gasteiger partial charge in [0, 0.05) is 18.2 Å². The van der Waals surface area contributed by atoms with Crippen LogP contribution in [0.4, 0.5) is 0 Å². The Labute approximate surface area is 155 Å². The van der Waals surface area contributed by atoms with Crippen molar-refractivity contribution < 1.29 is 14.9 Å². The van der Waals surface area contributed by atoms with E-state index in [1.807, 2.05) is 24.3 Å². The molecule has 0 fully saturated rings. The Bertz CT molecular complexity index is 933. The molecule has 1 heterocycles. The second kappa shape index (κ2) is 7.90. The molecule has 2 atom stereocenters. The van der Waals surface area contributed by atoms with E-state index in [1.54, 1.807) is 13.2 Å². The fourth-order valence-corrected chi connectivity index (χ4v) is 3.83. The molecule has 0 bridgehead atoms. The van der Waals surface area contributed by atoms with Crippen LogP contribution in [0.5, 0.6) is 11.5 Å². The van der Waals surface area contributed by atoms with Crippen LogP contribution in [0.3, 0.4) is 0 Å². The van der Waals surface area contributed by atoms with Crippen LogP contribution in [0.2, 0.25) is 0 Å². The second-order valence-electron chi connectivity index (χ2n) is 6.27. The van der Waals surface area contributed by atoms with Crippen molar-refractivity contribution in [3.8, 4) is 11.5 Å². The van der Waals surface area contributed by atoms with Crippen molar-refractivity contribution in [3.63, 3.8) is 0 Å². The summed E-state index contributed by atoms with van der Waals surface area (Å²) in [6.45, 7) is 2.40. The van der Waals surface area contributed by atoms with Gasteiger partial charge in [-0.05, 0) is 37.1 Å². The first kappa shape index (κ1) is 18.4. The molecule has 7 heteroatoms. The molecular formula is C19H22N2O4S. The van der Waals surface area contributed by atoms with E-state index in [2.05, 4.69) is 17.2 Å². The molecule has 0 aliphatic heterocycles. The van der Waals surface area contributed by atoms with E-state index < -0.39 is 6.10 Å². The van der Waals surface area contributed by atoms with Gasteiger partial charge in [0.2, 0.25) is 0 Å². The third-order valence-corrected chi connectivity index (χ3v) is 5.24. The SMILES string of the molecule is COc1ccc(C[C@@H](C)NCC(O)c2ccc(O)c3[nH]c(=O)sc23)cc1. The molecule has 0 saturated carbocycles. The van der Waals surface area contributed by atoms with Gasteiger partial charge in [0.15, 0.2) is 0 Å². The number of methoxy groups -OCH3 is 1. The summed E-state index contributed by atoms with van der Waals surface area (Å²) in [5.74, 6) is 0.835. The molecule has 0 spiro atoms. The van der Waals surface area contributed by atoms with Gasteiger partial charge in [-0.1, -0.05) is 29.5 Å². The summed E-state index contributed by atoms with van der Waals surface area (Å²) < 4.78 is 5.75.